The molecule has 0 aliphatic heterocycles. The van der Waals surface area contributed by atoms with Gasteiger partial charge in [0, 0.05) is 23.1 Å². The van der Waals surface area contributed by atoms with Gasteiger partial charge in [-0.15, -0.1) is 0 Å². The molecule has 1 saturated carbocycles. The van der Waals surface area contributed by atoms with Crippen LogP contribution < -0.4 is 20.1 Å². The summed E-state index contributed by atoms with van der Waals surface area (Å²) in [5, 5.41) is 7.15. The van der Waals surface area contributed by atoms with Crippen molar-refractivity contribution in [1.29, 1.82) is 0 Å². The Morgan fingerprint density at radius 2 is 1.50 bits per heavy atom. The number of pyridine rings is 1. The highest BCUT2D eigenvalue weighted by molar-refractivity contribution is 14.1. The first-order chi connectivity index (χ1) is 17.4. The maximum absolute atomic E-state index is 12.9. The molecule has 36 heavy (non-hydrogen) atoms. The third-order valence-corrected chi connectivity index (χ3v) is 8.25. The number of nitrogens with zero attached hydrogens (tertiary/aromatic N) is 1. The number of carbonyl (C=O) groups excluding carboxylic acids is 1. The Balaban J connectivity index is 1.64. The van der Waals surface area contributed by atoms with Gasteiger partial charge in [-0.25, -0.2) is 4.98 Å². The second kappa shape index (κ2) is 12.0. The summed E-state index contributed by atoms with van der Waals surface area (Å²) in [5.74, 6) is 3.13. The summed E-state index contributed by atoms with van der Waals surface area (Å²) in [6.07, 6.45) is 2.46. The van der Waals surface area contributed by atoms with Gasteiger partial charge in [-0.1, -0.05) is 31.2 Å². The largest absolute Gasteiger partial charge is 0.497 e. The fourth-order valence-corrected chi connectivity index (χ4v) is 5.39. The van der Waals surface area contributed by atoms with Gasteiger partial charge in [0.05, 0.1) is 31.5 Å². The molecule has 0 bridgehead atoms. The lowest BCUT2D eigenvalue weighted by atomic mass is 9.79. The average Bonchev–Trinajstić information content (AvgIpc) is 2.90. The van der Waals surface area contributed by atoms with E-state index in [1.807, 2.05) is 36.4 Å². The molecular formula is C29H34IN3O3. The molecule has 1 heterocycles. The van der Waals surface area contributed by atoms with Gasteiger partial charge >= 0.3 is 0 Å². The lowest BCUT2D eigenvalue weighted by molar-refractivity contribution is -0.122. The van der Waals surface area contributed by atoms with Crippen LogP contribution in [0.25, 0.3) is 0 Å². The smallest absolute Gasteiger partial charge is 0.150 e. The summed E-state index contributed by atoms with van der Waals surface area (Å²) < 4.78 is 11.6. The summed E-state index contributed by atoms with van der Waals surface area (Å²) >= 11 is 2.37. The van der Waals surface area contributed by atoms with E-state index in [0.717, 1.165) is 61.8 Å². The molecule has 0 amide bonds. The minimum Gasteiger partial charge on any atom is -0.497 e. The molecule has 0 saturated heterocycles. The molecule has 4 rings (SSSR count). The molecule has 1 fully saturated rings. The SMILES string of the molecule is COc1ccc(CNc2nc(C3CC(C)CCC3=O)c(I)c(C)c2NCc2ccc(OC)cc2)cc1. The molecule has 3 aromatic rings. The van der Waals surface area contributed by atoms with E-state index < -0.39 is 0 Å². The fraction of sp³-hybridized carbons (Fsp3) is 0.379. The number of aromatic nitrogens is 1. The van der Waals surface area contributed by atoms with E-state index in [4.69, 9.17) is 14.5 Å². The molecule has 190 valence electrons. The van der Waals surface area contributed by atoms with Crippen LogP contribution >= 0.6 is 22.6 Å². The van der Waals surface area contributed by atoms with Crippen LogP contribution in [0.5, 0.6) is 11.5 Å². The van der Waals surface area contributed by atoms with E-state index in [1.165, 1.54) is 0 Å². The molecular weight excluding hydrogens is 565 g/mol. The number of nitrogens with one attached hydrogen (secondary N) is 2. The van der Waals surface area contributed by atoms with Gasteiger partial charge < -0.3 is 20.1 Å². The quantitative estimate of drug-likeness (QED) is 0.267. The van der Waals surface area contributed by atoms with Crippen molar-refractivity contribution in [3.05, 3.63) is 74.5 Å². The molecule has 1 aliphatic carbocycles. The maximum Gasteiger partial charge on any atom is 0.150 e. The molecule has 2 atom stereocenters. The standard InChI is InChI=1S/C29H34IN3O3/c1-18-5-14-25(34)24(15-18)28-26(30)19(2)27(31-16-20-6-10-22(35-3)11-7-20)29(33-28)32-17-21-8-12-23(36-4)13-9-21/h6-13,18,24,31H,5,14-17H2,1-4H3,(H,32,33). The summed E-state index contributed by atoms with van der Waals surface area (Å²) in [6, 6.07) is 16.1. The second-order valence-corrected chi connectivity index (χ2v) is 10.5. The van der Waals surface area contributed by atoms with E-state index in [2.05, 4.69) is 59.2 Å². The van der Waals surface area contributed by atoms with E-state index in [-0.39, 0.29) is 5.92 Å². The monoisotopic (exact) mass is 599 g/mol. The number of hydrogen-bond donors (Lipinski definition) is 2. The Hall–Kier alpha value is -2.81. The zero-order valence-corrected chi connectivity index (χ0v) is 23.5. The minimum absolute atomic E-state index is 0.142. The number of halogens is 1. The Labute approximate surface area is 227 Å². The summed E-state index contributed by atoms with van der Waals surface area (Å²) in [5.41, 5.74) is 5.24. The molecule has 1 aromatic heterocycles. The van der Waals surface area contributed by atoms with Crippen molar-refractivity contribution in [2.24, 2.45) is 5.92 Å². The van der Waals surface area contributed by atoms with Gasteiger partial charge in [-0.2, -0.15) is 0 Å². The molecule has 6 nitrogen and oxygen atoms in total. The number of ketones is 1. The first-order valence-corrected chi connectivity index (χ1v) is 13.4. The third kappa shape index (κ3) is 6.11. The van der Waals surface area contributed by atoms with Crippen LogP contribution in [0.15, 0.2) is 48.5 Å². The summed E-state index contributed by atoms with van der Waals surface area (Å²) in [4.78, 5) is 18.0. The van der Waals surface area contributed by atoms with Gasteiger partial charge in [-0.3, -0.25) is 4.79 Å². The van der Waals surface area contributed by atoms with Gasteiger partial charge in [0.15, 0.2) is 0 Å². The van der Waals surface area contributed by atoms with E-state index in [1.54, 1.807) is 14.2 Å². The Morgan fingerprint density at radius 3 is 2.06 bits per heavy atom. The lowest BCUT2D eigenvalue weighted by Crippen LogP contribution is -2.24. The van der Waals surface area contributed by atoms with Crippen LogP contribution in [0.2, 0.25) is 0 Å². The highest BCUT2D eigenvalue weighted by atomic mass is 127. The minimum atomic E-state index is -0.142. The molecule has 0 spiro atoms. The number of ether oxygens (including phenoxy) is 2. The predicted octanol–water partition coefficient (Wildman–Crippen LogP) is 6.71. The number of anilines is 2. The van der Waals surface area contributed by atoms with Crippen LogP contribution in [0.4, 0.5) is 11.5 Å². The number of methoxy groups -OCH3 is 2. The first-order valence-electron chi connectivity index (χ1n) is 12.4. The van der Waals surface area contributed by atoms with E-state index >= 15 is 0 Å². The fourth-order valence-electron chi connectivity index (χ4n) is 4.62. The Morgan fingerprint density at radius 1 is 0.944 bits per heavy atom. The molecule has 1 aliphatic rings. The average molecular weight is 600 g/mol. The number of benzene rings is 2. The normalized spacial score (nSPS) is 17.5. The van der Waals surface area contributed by atoms with Crippen molar-refractivity contribution in [3.8, 4) is 11.5 Å². The molecule has 2 aromatic carbocycles. The van der Waals surface area contributed by atoms with Crippen molar-refractivity contribution in [2.45, 2.75) is 52.1 Å². The third-order valence-electron chi connectivity index (χ3n) is 6.89. The van der Waals surface area contributed by atoms with Crippen LogP contribution in [0.3, 0.4) is 0 Å². The first kappa shape index (κ1) is 26.3. The molecule has 2 N–H and O–H groups in total. The van der Waals surface area contributed by atoms with Crippen molar-refractivity contribution in [2.75, 3.05) is 24.9 Å². The zero-order valence-electron chi connectivity index (χ0n) is 21.4. The molecule has 7 heteroatoms. The second-order valence-electron chi connectivity index (χ2n) is 9.46. The van der Waals surface area contributed by atoms with Crippen LogP contribution in [-0.2, 0) is 17.9 Å². The van der Waals surface area contributed by atoms with E-state index in [0.29, 0.717) is 31.2 Å². The van der Waals surface area contributed by atoms with Gasteiger partial charge in [0.2, 0.25) is 0 Å². The Kier molecular flexibility index (Phi) is 8.72. The maximum atomic E-state index is 12.9. The number of Topliss-reactive ketones (excluding diaryl/α,β-unsaturated/α-hetero) is 1. The van der Waals surface area contributed by atoms with Crippen molar-refractivity contribution < 1.29 is 14.3 Å². The lowest BCUT2D eigenvalue weighted by Gasteiger charge is -2.28. The number of rotatable bonds is 9. The van der Waals surface area contributed by atoms with Crippen LogP contribution in [0.1, 0.15) is 54.5 Å². The highest BCUT2D eigenvalue weighted by Crippen LogP contribution is 2.39. The van der Waals surface area contributed by atoms with Crippen LogP contribution in [-0.4, -0.2) is 25.0 Å². The van der Waals surface area contributed by atoms with Crippen molar-refractivity contribution >= 4 is 39.9 Å². The predicted molar refractivity (Wildman–Crippen MR) is 153 cm³/mol. The zero-order chi connectivity index (χ0) is 25.7. The van der Waals surface area contributed by atoms with Crippen molar-refractivity contribution in [1.82, 2.24) is 4.98 Å². The summed E-state index contributed by atoms with van der Waals surface area (Å²) in [7, 11) is 3.34. The molecule has 0 radical (unpaired) electrons. The topological polar surface area (TPSA) is 72.5 Å². The van der Waals surface area contributed by atoms with Gasteiger partial charge in [0.25, 0.3) is 0 Å². The molecule has 2 unspecified atom stereocenters. The van der Waals surface area contributed by atoms with Gasteiger partial charge in [-0.05, 0) is 89.2 Å². The number of carbonyl (C=O) groups is 1. The van der Waals surface area contributed by atoms with E-state index in [9.17, 15) is 4.79 Å². The number of hydrogen-bond acceptors (Lipinski definition) is 6. The Bertz CT molecular complexity index is 1200. The highest BCUT2D eigenvalue weighted by Gasteiger charge is 2.32. The summed E-state index contributed by atoms with van der Waals surface area (Å²) in [6.45, 7) is 5.60. The van der Waals surface area contributed by atoms with Gasteiger partial charge in [0.1, 0.15) is 23.1 Å². The van der Waals surface area contributed by atoms with Crippen LogP contribution in [0, 0.1) is 16.4 Å². The van der Waals surface area contributed by atoms with Crippen molar-refractivity contribution in [3.63, 3.8) is 0 Å².